The van der Waals surface area contributed by atoms with Crippen LogP contribution in [0.3, 0.4) is 0 Å². The number of likely N-dealkylation sites (tertiary alicyclic amines) is 1. The van der Waals surface area contributed by atoms with Crippen LogP contribution in [0.2, 0.25) is 5.02 Å². The largest absolute Gasteiger partial charge is 0.465 e. The van der Waals surface area contributed by atoms with Crippen molar-refractivity contribution in [3.8, 4) is 11.1 Å². The fraction of sp³-hybridized carbons (Fsp3) is 0.316. The number of amides is 1. The summed E-state index contributed by atoms with van der Waals surface area (Å²) in [6, 6.07) is 7.75. The number of nitrogens with zero attached hydrogens (tertiary/aromatic N) is 2. The Morgan fingerprint density at radius 3 is 2.65 bits per heavy atom. The Bertz CT molecular complexity index is 811. The smallest absolute Gasteiger partial charge is 0.411 e. The van der Waals surface area contributed by atoms with Crippen molar-refractivity contribution in [1.82, 2.24) is 4.90 Å². The van der Waals surface area contributed by atoms with Gasteiger partial charge in [-0.3, -0.25) is 4.90 Å². The summed E-state index contributed by atoms with van der Waals surface area (Å²) < 4.78 is 27.6. The van der Waals surface area contributed by atoms with Crippen LogP contribution in [0.5, 0.6) is 0 Å². The first-order valence-corrected chi connectivity index (χ1v) is 8.69. The van der Waals surface area contributed by atoms with Gasteiger partial charge in [-0.1, -0.05) is 11.6 Å². The van der Waals surface area contributed by atoms with Gasteiger partial charge in [0.2, 0.25) is 0 Å². The molecule has 0 bridgehead atoms. The molecule has 1 fully saturated rings. The van der Waals surface area contributed by atoms with Gasteiger partial charge in [-0.15, -0.1) is 0 Å². The van der Waals surface area contributed by atoms with Crippen molar-refractivity contribution < 1.29 is 18.7 Å². The molecule has 1 N–H and O–H groups in total. The van der Waals surface area contributed by atoms with E-state index in [4.69, 9.17) is 11.6 Å². The number of carboxylic acid groups (broad SMARTS) is 1. The van der Waals surface area contributed by atoms with Gasteiger partial charge in [0, 0.05) is 23.2 Å². The molecule has 1 unspecified atom stereocenters. The minimum Gasteiger partial charge on any atom is -0.465 e. The fourth-order valence-electron chi connectivity index (χ4n) is 3.38. The van der Waals surface area contributed by atoms with Gasteiger partial charge >= 0.3 is 6.09 Å². The maximum absolute atomic E-state index is 13.9. The van der Waals surface area contributed by atoms with E-state index in [0.717, 1.165) is 25.5 Å². The Labute approximate surface area is 155 Å². The van der Waals surface area contributed by atoms with E-state index in [1.165, 1.54) is 35.2 Å². The summed E-state index contributed by atoms with van der Waals surface area (Å²) in [5.74, 6) is -1.10. The molecule has 0 aromatic heterocycles. The minimum atomic E-state index is -1.14. The summed E-state index contributed by atoms with van der Waals surface area (Å²) in [4.78, 5) is 15.2. The standard InChI is InChI=1S/C19H19ClF2N2O2/c1-23-6-2-3-16(23)11-24(19(25)26)18-5-4-14(21)10-17(18)12-7-13(20)9-15(22)8-12/h4-5,7-10,16H,2-3,6,11H2,1H3,(H,25,26). The van der Waals surface area contributed by atoms with E-state index in [2.05, 4.69) is 4.90 Å². The molecule has 0 saturated carbocycles. The van der Waals surface area contributed by atoms with Gasteiger partial charge in [0.25, 0.3) is 0 Å². The molecule has 26 heavy (non-hydrogen) atoms. The number of anilines is 1. The second kappa shape index (κ2) is 7.60. The molecule has 7 heteroatoms. The van der Waals surface area contributed by atoms with Gasteiger partial charge in [0.1, 0.15) is 11.6 Å². The van der Waals surface area contributed by atoms with Gasteiger partial charge in [-0.05, 0) is 68.4 Å². The van der Waals surface area contributed by atoms with E-state index in [-0.39, 0.29) is 23.2 Å². The quantitative estimate of drug-likeness (QED) is 0.823. The van der Waals surface area contributed by atoms with E-state index in [1.807, 2.05) is 7.05 Å². The van der Waals surface area contributed by atoms with Crippen molar-refractivity contribution in [2.45, 2.75) is 18.9 Å². The molecule has 2 aromatic rings. The van der Waals surface area contributed by atoms with Gasteiger partial charge in [-0.25, -0.2) is 13.6 Å². The maximum atomic E-state index is 13.9. The number of rotatable bonds is 4. The maximum Gasteiger partial charge on any atom is 0.411 e. The average molecular weight is 381 g/mol. The SMILES string of the molecule is CN1CCCC1CN(C(=O)O)c1ccc(F)cc1-c1cc(F)cc(Cl)c1. The highest BCUT2D eigenvalue weighted by Crippen LogP contribution is 2.34. The molecule has 0 aliphatic carbocycles. The van der Waals surface area contributed by atoms with Crippen molar-refractivity contribution in [3.63, 3.8) is 0 Å². The zero-order chi connectivity index (χ0) is 18.8. The monoisotopic (exact) mass is 380 g/mol. The molecular formula is C19H19ClF2N2O2. The molecule has 1 atom stereocenters. The van der Waals surface area contributed by atoms with Crippen LogP contribution >= 0.6 is 11.6 Å². The molecule has 138 valence electrons. The third-order valence-corrected chi connectivity index (χ3v) is 4.94. The first kappa shape index (κ1) is 18.6. The Morgan fingerprint density at radius 2 is 2.04 bits per heavy atom. The number of carbonyl (C=O) groups is 1. The second-order valence-electron chi connectivity index (χ2n) is 6.49. The molecule has 1 saturated heterocycles. The minimum absolute atomic E-state index is 0.0834. The van der Waals surface area contributed by atoms with E-state index in [0.29, 0.717) is 11.3 Å². The molecule has 0 radical (unpaired) electrons. The van der Waals surface area contributed by atoms with Gasteiger partial charge < -0.3 is 10.0 Å². The topological polar surface area (TPSA) is 43.8 Å². The molecule has 1 aliphatic heterocycles. The van der Waals surface area contributed by atoms with Gasteiger partial charge in [0.05, 0.1) is 5.69 Å². The lowest BCUT2D eigenvalue weighted by atomic mass is 10.0. The Morgan fingerprint density at radius 1 is 1.27 bits per heavy atom. The lowest BCUT2D eigenvalue weighted by molar-refractivity contribution is 0.198. The number of benzene rings is 2. The first-order valence-electron chi connectivity index (χ1n) is 8.32. The fourth-order valence-corrected chi connectivity index (χ4v) is 3.61. The molecule has 1 heterocycles. The third kappa shape index (κ3) is 3.97. The summed E-state index contributed by atoms with van der Waals surface area (Å²) in [6.45, 7) is 1.17. The zero-order valence-corrected chi connectivity index (χ0v) is 15.0. The predicted octanol–water partition coefficient (Wildman–Crippen LogP) is 4.86. The van der Waals surface area contributed by atoms with Crippen LogP contribution in [0.25, 0.3) is 11.1 Å². The molecule has 2 aromatic carbocycles. The molecule has 4 nitrogen and oxygen atoms in total. The van der Waals surface area contributed by atoms with E-state index >= 15 is 0 Å². The van der Waals surface area contributed by atoms with E-state index in [9.17, 15) is 18.7 Å². The molecular weight excluding hydrogens is 362 g/mol. The highest BCUT2D eigenvalue weighted by molar-refractivity contribution is 6.30. The van der Waals surface area contributed by atoms with Crippen molar-refractivity contribution >= 4 is 23.4 Å². The number of likely N-dealkylation sites (N-methyl/N-ethyl adjacent to an activating group) is 1. The molecule has 1 amide bonds. The third-order valence-electron chi connectivity index (χ3n) is 4.72. The molecule has 0 spiro atoms. The average Bonchev–Trinajstić information content (AvgIpc) is 2.96. The summed E-state index contributed by atoms with van der Waals surface area (Å²) in [7, 11) is 1.95. The number of hydrogen-bond donors (Lipinski definition) is 1. The van der Waals surface area contributed by atoms with Crippen LogP contribution in [-0.4, -0.2) is 42.3 Å². The van der Waals surface area contributed by atoms with Gasteiger partial charge in [-0.2, -0.15) is 0 Å². The highest BCUT2D eigenvalue weighted by Gasteiger charge is 2.28. The van der Waals surface area contributed by atoms with Crippen molar-refractivity contribution in [2.24, 2.45) is 0 Å². The van der Waals surface area contributed by atoms with Gasteiger partial charge in [0.15, 0.2) is 0 Å². The van der Waals surface area contributed by atoms with Crippen LogP contribution in [0.4, 0.5) is 19.3 Å². The second-order valence-corrected chi connectivity index (χ2v) is 6.93. The lowest BCUT2D eigenvalue weighted by Crippen LogP contribution is -2.41. The Hall–Kier alpha value is -2.18. The normalized spacial score (nSPS) is 17.5. The van der Waals surface area contributed by atoms with Crippen LogP contribution in [0.15, 0.2) is 36.4 Å². The summed E-state index contributed by atoms with van der Waals surface area (Å²) >= 11 is 5.92. The van der Waals surface area contributed by atoms with E-state index in [1.54, 1.807) is 0 Å². The van der Waals surface area contributed by atoms with Crippen LogP contribution in [0.1, 0.15) is 12.8 Å². The lowest BCUT2D eigenvalue weighted by Gasteiger charge is -2.28. The Kier molecular flexibility index (Phi) is 5.44. The number of halogens is 3. The number of hydrogen-bond acceptors (Lipinski definition) is 2. The van der Waals surface area contributed by atoms with Crippen molar-refractivity contribution in [2.75, 3.05) is 25.0 Å². The van der Waals surface area contributed by atoms with Crippen LogP contribution in [-0.2, 0) is 0 Å². The molecule has 1 aliphatic rings. The van der Waals surface area contributed by atoms with E-state index < -0.39 is 17.7 Å². The summed E-state index contributed by atoms with van der Waals surface area (Å²) in [5.41, 5.74) is 0.922. The summed E-state index contributed by atoms with van der Waals surface area (Å²) in [6.07, 6.45) is 0.758. The van der Waals surface area contributed by atoms with Crippen molar-refractivity contribution in [1.29, 1.82) is 0 Å². The first-order chi connectivity index (χ1) is 12.3. The van der Waals surface area contributed by atoms with Crippen LogP contribution < -0.4 is 4.90 Å². The zero-order valence-electron chi connectivity index (χ0n) is 14.3. The summed E-state index contributed by atoms with van der Waals surface area (Å²) in [5, 5.41) is 9.90. The Balaban J connectivity index is 2.05. The van der Waals surface area contributed by atoms with Crippen LogP contribution in [0, 0.1) is 11.6 Å². The molecule has 3 rings (SSSR count). The van der Waals surface area contributed by atoms with Crippen molar-refractivity contribution in [3.05, 3.63) is 53.1 Å². The predicted molar refractivity (Wildman–Crippen MR) is 97.8 cm³/mol. The highest BCUT2D eigenvalue weighted by atomic mass is 35.5.